The van der Waals surface area contributed by atoms with Gasteiger partial charge in [0.15, 0.2) is 12.0 Å². The van der Waals surface area contributed by atoms with Crippen LogP contribution >= 0.6 is 0 Å². The Morgan fingerprint density at radius 3 is 2.19 bits per heavy atom. The number of carbonyl (C=O) groups is 4. The Morgan fingerprint density at radius 2 is 1.57 bits per heavy atom. The highest BCUT2D eigenvalue weighted by atomic mass is 16.4. The number of aromatic amines is 1. The van der Waals surface area contributed by atoms with Crippen LogP contribution in [0.3, 0.4) is 0 Å². The van der Waals surface area contributed by atoms with E-state index in [4.69, 9.17) is 22.9 Å². The Morgan fingerprint density at radius 1 is 0.952 bits per heavy atom. The molecule has 0 aliphatic heterocycles. The molecule has 1 heterocycles. The fourth-order valence-electron chi connectivity index (χ4n) is 4.36. The van der Waals surface area contributed by atoms with E-state index in [0.29, 0.717) is 19.4 Å². The van der Waals surface area contributed by atoms with Crippen LogP contribution in [0.5, 0.6) is 0 Å². The second kappa shape index (κ2) is 16.9. The quantitative estimate of drug-likeness (QED) is 0.0526. The van der Waals surface area contributed by atoms with Crippen LogP contribution in [-0.2, 0) is 25.6 Å². The van der Waals surface area contributed by atoms with Gasteiger partial charge in [0.25, 0.3) is 0 Å². The molecule has 3 amide bonds. The average molecular weight is 590 g/mol. The van der Waals surface area contributed by atoms with Gasteiger partial charge in [-0.15, -0.1) is 0 Å². The summed E-state index contributed by atoms with van der Waals surface area (Å²) in [5.41, 5.74) is 24.3. The second-order valence-electron chi connectivity index (χ2n) is 10.1. The number of aliphatic imine (C=N–C) groups is 1. The van der Waals surface area contributed by atoms with Gasteiger partial charge in [-0.3, -0.25) is 19.4 Å². The van der Waals surface area contributed by atoms with E-state index >= 15 is 0 Å². The summed E-state index contributed by atoms with van der Waals surface area (Å²) in [6, 6.07) is 2.78. The molecular weight excluding hydrogens is 546 g/mol. The Hall–Kier alpha value is -4.21. The molecule has 0 saturated heterocycles. The molecule has 42 heavy (non-hydrogen) atoms. The van der Waals surface area contributed by atoms with E-state index < -0.39 is 54.0 Å². The number of nitrogens with zero attached hydrogens (tertiary/aromatic N) is 1. The molecule has 1 aromatic carbocycles. The molecule has 0 spiro atoms. The molecule has 0 saturated carbocycles. The number of carbonyl (C=O) groups excluding carboxylic acids is 3. The molecule has 232 valence electrons. The molecular formula is C27H43N9O6. The van der Waals surface area contributed by atoms with Crippen molar-refractivity contribution in [2.45, 2.75) is 75.7 Å². The first-order valence-corrected chi connectivity index (χ1v) is 13.8. The predicted molar refractivity (Wildman–Crippen MR) is 158 cm³/mol. The monoisotopic (exact) mass is 589 g/mol. The first-order chi connectivity index (χ1) is 19.9. The van der Waals surface area contributed by atoms with Crippen molar-refractivity contribution in [2.75, 3.05) is 13.1 Å². The third-order valence-corrected chi connectivity index (χ3v) is 6.66. The lowest BCUT2D eigenvalue weighted by atomic mass is 10.0. The van der Waals surface area contributed by atoms with Crippen molar-refractivity contribution in [3.63, 3.8) is 0 Å². The number of aliphatic hydroxyl groups is 1. The van der Waals surface area contributed by atoms with Crippen LogP contribution in [-0.4, -0.2) is 88.2 Å². The van der Waals surface area contributed by atoms with Gasteiger partial charge in [-0.2, -0.15) is 0 Å². The molecule has 0 aliphatic rings. The number of aromatic nitrogens is 1. The fraction of sp³-hybridized carbons (Fsp3) is 0.519. The normalized spacial score (nSPS) is 14.7. The molecule has 1 aromatic heterocycles. The predicted octanol–water partition coefficient (Wildman–Crippen LogP) is -1.86. The van der Waals surface area contributed by atoms with Gasteiger partial charge in [-0.25, -0.2) is 4.79 Å². The van der Waals surface area contributed by atoms with E-state index in [0.717, 1.165) is 16.5 Å². The number of para-hydroxylation sites is 1. The van der Waals surface area contributed by atoms with Crippen molar-refractivity contribution < 1.29 is 29.4 Å². The Bertz CT molecular complexity index is 1230. The zero-order valence-electron chi connectivity index (χ0n) is 23.7. The largest absolute Gasteiger partial charge is 0.480 e. The van der Waals surface area contributed by atoms with Crippen molar-refractivity contribution in [3.05, 3.63) is 36.0 Å². The van der Waals surface area contributed by atoms with Crippen molar-refractivity contribution in [1.29, 1.82) is 0 Å². The van der Waals surface area contributed by atoms with E-state index in [1.807, 2.05) is 24.3 Å². The number of H-pyrrole nitrogens is 1. The van der Waals surface area contributed by atoms with Gasteiger partial charge in [0.1, 0.15) is 12.1 Å². The number of hydrogen-bond donors (Lipinski definition) is 10. The number of aliphatic hydroxyl groups excluding tert-OH is 1. The van der Waals surface area contributed by atoms with Crippen LogP contribution in [0.4, 0.5) is 0 Å². The summed E-state index contributed by atoms with van der Waals surface area (Å²) < 4.78 is 0. The molecule has 14 N–H and O–H groups in total. The standard InChI is InChI=1S/C27H43N9O6/c1-15(37)22(26(41)42)36-25(40)21(10-6-12-32-27(30)31)35-24(39)20(9-4-5-11-28)34-23(38)18(29)13-16-14-33-19-8-3-2-7-17(16)19/h2-3,7-8,14-15,18,20-22,33,37H,4-6,9-13,28-29H2,1H3,(H,34,38)(H,35,39)(H,36,40)(H,41,42)(H4,30,31,32). The Labute approximate surface area is 243 Å². The van der Waals surface area contributed by atoms with Crippen LogP contribution in [0.25, 0.3) is 10.9 Å². The molecule has 0 fully saturated rings. The smallest absolute Gasteiger partial charge is 0.328 e. The minimum atomic E-state index is -1.60. The number of nitrogens with two attached hydrogens (primary N) is 4. The highest BCUT2D eigenvalue weighted by molar-refractivity contribution is 5.94. The first kappa shape index (κ1) is 34.0. The number of nitrogens with one attached hydrogen (secondary N) is 4. The van der Waals surface area contributed by atoms with Crippen molar-refractivity contribution in [3.8, 4) is 0 Å². The topological polar surface area (TPSA) is 277 Å². The minimum absolute atomic E-state index is 0.0457. The number of hydrogen-bond acceptors (Lipinski definition) is 8. The first-order valence-electron chi connectivity index (χ1n) is 13.8. The highest BCUT2D eigenvalue weighted by Crippen LogP contribution is 2.19. The molecule has 2 aromatic rings. The minimum Gasteiger partial charge on any atom is -0.480 e. The van der Waals surface area contributed by atoms with E-state index in [-0.39, 0.29) is 38.2 Å². The SMILES string of the molecule is CC(O)C(NC(=O)C(CCCN=C(N)N)NC(=O)C(CCCCN)NC(=O)C(N)Cc1c[nH]c2ccccc12)C(=O)O. The van der Waals surface area contributed by atoms with Gasteiger partial charge in [0.05, 0.1) is 12.1 Å². The highest BCUT2D eigenvalue weighted by Gasteiger charge is 2.31. The van der Waals surface area contributed by atoms with Crippen molar-refractivity contribution in [2.24, 2.45) is 27.9 Å². The number of amides is 3. The van der Waals surface area contributed by atoms with Gasteiger partial charge in [-0.1, -0.05) is 18.2 Å². The molecule has 15 heteroatoms. The zero-order chi connectivity index (χ0) is 31.2. The third-order valence-electron chi connectivity index (χ3n) is 6.66. The lowest BCUT2D eigenvalue weighted by Crippen LogP contribution is -2.58. The maximum atomic E-state index is 13.4. The number of benzene rings is 1. The fourth-order valence-corrected chi connectivity index (χ4v) is 4.36. The maximum Gasteiger partial charge on any atom is 0.328 e. The molecule has 2 rings (SSSR count). The lowest BCUT2D eigenvalue weighted by Gasteiger charge is -2.26. The summed E-state index contributed by atoms with van der Waals surface area (Å²) in [6.45, 7) is 1.75. The van der Waals surface area contributed by atoms with Gasteiger partial charge in [-0.05, 0) is 63.6 Å². The van der Waals surface area contributed by atoms with Crippen LogP contribution in [0.1, 0.15) is 44.6 Å². The van der Waals surface area contributed by atoms with Crippen LogP contribution in [0, 0.1) is 0 Å². The van der Waals surface area contributed by atoms with Crippen molar-refractivity contribution >= 4 is 40.6 Å². The van der Waals surface area contributed by atoms with Crippen molar-refractivity contribution in [1.82, 2.24) is 20.9 Å². The second-order valence-corrected chi connectivity index (χ2v) is 10.1. The number of fused-ring (bicyclic) bond motifs is 1. The van der Waals surface area contributed by atoms with Gasteiger partial charge >= 0.3 is 5.97 Å². The van der Waals surface area contributed by atoms with Gasteiger partial charge < -0.3 is 54.1 Å². The van der Waals surface area contributed by atoms with Crippen LogP contribution < -0.4 is 38.9 Å². The van der Waals surface area contributed by atoms with E-state index in [9.17, 15) is 29.4 Å². The summed E-state index contributed by atoms with van der Waals surface area (Å²) in [5.74, 6) is -3.64. The molecule has 0 aliphatic carbocycles. The van der Waals surface area contributed by atoms with Crippen LogP contribution in [0.2, 0.25) is 0 Å². The zero-order valence-corrected chi connectivity index (χ0v) is 23.7. The number of carboxylic acids is 1. The van der Waals surface area contributed by atoms with Gasteiger partial charge in [0, 0.05) is 23.6 Å². The van der Waals surface area contributed by atoms with E-state index in [1.54, 1.807) is 6.20 Å². The van der Waals surface area contributed by atoms with Gasteiger partial charge in [0.2, 0.25) is 17.7 Å². The number of aliphatic carboxylic acids is 1. The summed E-state index contributed by atoms with van der Waals surface area (Å²) >= 11 is 0. The molecule has 5 unspecified atom stereocenters. The maximum absolute atomic E-state index is 13.4. The number of rotatable bonds is 18. The summed E-state index contributed by atoms with van der Waals surface area (Å²) in [6.07, 6.45) is 2.25. The third kappa shape index (κ3) is 10.6. The van der Waals surface area contributed by atoms with Crippen LogP contribution in [0.15, 0.2) is 35.5 Å². The summed E-state index contributed by atoms with van der Waals surface area (Å²) in [4.78, 5) is 58.0. The number of carboxylic acid groups (broad SMARTS) is 1. The molecule has 5 atom stereocenters. The number of guanidine groups is 1. The van der Waals surface area contributed by atoms with E-state index in [1.165, 1.54) is 6.92 Å². The molecule has 0 radical (unpaired) electrons. The lowest BCUT2D eigenvalue weighted by molar-refractivity contribution is -0.145. The summed E-state index contributed by atoms with van der Waals surface area (Å²) in [7, 11) is 0. The average Bonchev–Trinajstić information content (AvgIpc) is 3.34. The Balaban J connectivity index is 2.17. The Kier molecular flexibility index (Phi) is 13.7. The number of unbranched alkanes of at least 4 members (excludes halogenated alkanes) is 1. The summed E-state index contributed by atoms with van der Waals surface area (Å²) in [5, 5.41) is 27.6. The van der Waals surface area contributed by atoms with E-state index in [2.05, 4.69) is 25.9 Å². The molecule has 15 nitrogen and oxygen atoms in total. The molecule has 0 bridgehead atoms.